The Morgan fingerprint density at radius 2 is 1.54 bits per heavy atom. The Kier molecular flexibility index (Phi) is 5.16. The second kappa shape index (κ2) is 7.74. The Bertz CT molecular complexity index is 917. The van der Waals surface area contributed by atoms with Gasteiger partial charge in [0, 0.05) is 37.3 Å². The van der Waals surface area contributed by atoms with Gasteiger partial charge in [0.05, 0.1) is 5.69 Å². The smallest absolute Gasteiger partial charge is 0.253 e. The van der Waals surface area contributed by atoms with Crippen LogP contribution in [-0.2, 0) is 12.8 Å². The zero-order chi connectivity index (χ0) is 19.7. The first kappa shape index (κ1) is 18.7. The van der Waals surface area contributed by atoms with Gasteiger partial charge in [0.15, 0.2) is 5.78 Å². The van der Waals surface area contributed by atoms with Gasteiger partial charge in [-0.25, -0.2) is 4.39 Å². The summed E-state index contributed by atoms with van der Waals surface area (Å²) in [5.74, 6) is -0.478. The van der Waals surface area contributed by atoms with E-state index in [9.17, 15) is 14.0 Å². The molecule has 4 nitrogen and oxygen atoms in total. The van der Waals surface area contributed by atoms with Crippen molar-refractivity contribution >= 4 is 17.4 Å². The Labute approximate surface area is 164 Å². The van der Waals surface area contributed by atoms with Gasteiger partial charge >= 0.3 is 0 Å². The third-order valence-electron chi connectivity index (χ3n) is 5.86. The number of amides is 1. The highest BCUT2D eigenvalue weighted by atomic mass is 19.1. The summed E-state index contributed by atoms with van der Waals surface area (Å²) in [6.45, 7) is 3.70. The lowest BCUT2D eigenvalue weighted by atomic mass is 9.90. The van der Waals surface area contributed by atoms with Crippen molar-refractivity contribution in [3.8, 4) is 0 Å². The summed E-state index contributed by atoms with van der Waals surface area (Å²) in [6, 6.07) is 10.7. The maximum absolute atomic E-state index is 14.4. The highest BCUT2D eigenvalue weighted by Gasteiger charge is 2.24. The summed E-state index contributed by atoms with van der Waals surface area (Å²) in [5.41, 5.74) is 4.31. The molecule has 0 atom stereocenters. The van der Waals surface area contributed by atoms with E-state index in [-0.39, 0.29) is 17.5 Å². The fourth-order valence-electron chi connectivity index (χ4n) is 4.18. The van der Waals surface area contributed by atoms with E-state index in [0.29, 0.717) is 37.4 Å². The molecule has 0 spiro atoms. The van der Waals surface area contributed by atoms with Gasteiger partial charge in [0.2, 0.25) is 0 Å². The second-order valence-corrected chi connectivity index (χ2v) is 7.69. The first-order chi connectivity index (χ1) is 13.5. The molecule has 4 rings (SSSR count). The Morgan fingerprint density at radius 3 is 2.21 bits per heavy atom. The molecule has 1 saturated heterocycles. The minimum Gasteiger partial charge on any atom is -0.366 e. The molecule has 2 aromatic carbocycles. The lowest BCUT2D eigenvalue weighted by Crippen LogP contribution is -2.49. The maximum atomic E-state index is 14.4. The lowest BCUT2D eigenvalue weighted by Gasteiger charge is -2.36. The van der Waals surface area contributed by atoms with Crippen LogP contribution < -0.4 is 4.90 Å². The molecule has 1 fully saturated rings. The van der Waals surface area contributed by atoms with E-state index in [4.69, 9.17) is 0 Å². The van der Waals surface area contributed by atoms with Crippen LogP contribution in [0.1, 0.15) is 51.6 Å². The van der Waals surface area contributed by atoms with Crippen molar-refractivity contribution in [1.29, 1.82) is 0 Å². The maximum Gasteiger partial charge on any atom is 0.253 e. The van der Waals surface area contributed by atoms with Gasteiger partial charge in [-0.2, -0.15) is 0 Å². The minimum absolute atomic E-state index is 0.0559. The molecule has 2 aliphatic rings. The van der Waals surface area contributed by atoms with Gasteiger partial charge in [0.25, 0.3) is 5.91 Å². The van der Waals surface area contributed by atoms with Crippen molar-refractivity contribution in [3.63, 3.8) is 0 Å². The highest BCUT2D eigenvalue weighted by molar-refractivity contribution is 5.95. The predicted molar refractivity (Wildman–Crippen MR) is 108 cm³/mol. The summed E-state index contributed by atoms with van der Waals surface area (Å²) >= 11 is 0. The van der Waals surface area contributed by atoms with Crippen LogP contribution in [0.3, 0.4) is 0 Å². The molecule has 1 aliphatic heterocycles. The third-order valence-corrected chi connectivity index (χ3v) is 5.86. The summed E-state index contributed by atoms with van der Waals surface area (Å²) in [4.78, 5) is 28.1. The SMILES string of the molecule is CC(=O)c1ccc(N2CCN(C(=O)c3ccc4c(c3)CCCC4)CC2)c(F)c1. The molecule has 0 radical (unpaired) electrons. The molecule has 5 heteroatoms. The zero-order valence-corrected chi connectivity index (χ0v) is 16.2. The standard InChI is InChI=1S/C23H25FN2O2/c1-16(27)18-8-9-22(21(24)15-18)25-10-12-26(13-11-25)23(28)20-7-6-17-4-2-3-5-19(17)14-20/h6-9,14-15H,2-5,10-13H2,1H3. The molecular weight excluding hydrogens is 355 g/mol. The molecule has 28 heavy (non-hydrogen) atoms. The van der Waals surface area contributed by atoms with Gasteiger partial charge in [-0.1, -0.05) is 6.07 Å². The summed E-state index contributed by atoms with van der Waals surface area (Å²) < 4.78 is 14.4. The molecule has 1 aliphatic carbocycles. The second-order valence-electron chi connectivity index (χ2n) is 7.69. The normalized spacial score (nSPS) is 16.6. The molecule has 0 N–H and O–H groups in total. The first-order valence-corrected chi connectivity index (χ1v) is 9.99. The van der Waals surface area contributed by atoms with Gasteiger partial charge in [-0.15, -0.1) is 0 Å². The number of anilines is 1. The van der Waals surface area contributed by atoms with Gasteiger partial charge in [-0.3, -0.25) is 9.59 Å². The quantitative estimate of drug-likeness (QED) is 0.759. The number of carbonyl (C=O) groups is 2. The number of Topliss-reactive ketones (excluding diaryl/α,β-unsaturated/α-hetero) is 1. The van der Waals surface area contributed by atoms with Gasteiger partial charge < -0.3 is 9.80 Å². The average Bonchev–Trinajstić information content (AvgIpc) is 2.73. The van der Waals surface area contributed by atoms with Crippen molar-refractivity contribution in [2.24, 2.45) is 0 Å². The summed E-state index contributed by atoms with van der Waals surface area (Å²) in [7, 11) is 0. The van der Waals surface area contributed by atoms with E-state index < -0.39 is 0 Å². The number of carbonyl (C=O) groups excluding carboxylic acids is 2. The molecular formula is C23H25FN2O2. The highest BCUT2D eigenvalue weighted by Crippen LogP contribution is 2.25. The minimum atomic E-state index is -0.387. The fourth-order valence-corrected chi connectivity index (χ4v) is 4.18. The van der Waals surface area contributed by atoms with Crippen LogP contribution >= 0.6 is 0 Å². The monoisotopic (exact) mass is 380 g/mol. The number of fused-ring (bicyclic) bond motifs is 1. The number of hydrogen-bond acceptors (Lipinski definition) is 3. The number of rotatable bonds is 3. The van der Waals surface area contributed by atoms with Crippen LogP contribution in [0.15, 0.2) is 36.4 Å². The number of ketones is 1. The van der Waals surface area contributed by atoms with E-state index in [1.54, 1.807) is 12.1 Å². The van der Waals surface area contributed by atoms with Crippen LogP contribution in [0, 0.1) is 5.82 Å². The number of aryl methyl sites for hydroxylation is 2. The number of piperazine rings is 1. The molecule has 2 aromatic rings. The third kappa shape index (κ3) is 3.66. The van der Waals surface area contributed by atoms with Crippen LogP contribution in [0.5, 0.6) is 0 Å². The van der Waals surface area contributed by atoms with E-state index in [1.807, 2.05) is 15.9 Å². The Morgan fingerprint density at radius 1 is 0.857 bits per heavy atom. The van der Waals surface area contributed by atoms with Crippen molar-refractivity contribution < 1.29 is 14.0 Å². The van der Waals surface area contributed by atoms with Crippen LogP contribution in [-0.4, -0.2) is 42.8 Å². The van der Waals surface area contributed by atoms with E-state index in [0.717, 1.165) is 18.4 Å². The molecule has 0 saturated carbocycles. The fraction of sp³-hybridized carbons (Fsp3) is 0.391. The van der Waals surface area contributed by atoms with E-state index >= 15 is 0 Å². The molecule has 146 valence electrons. The molecule has 1 amide bonds. The van der Waals surface area contributed by atoms with Gasteiger partial charge in [-0.05, 0) is 74.1 Å². The number of benzene rings is 2. The largest absolute Gasteiger partial charge is 0.366 e. The Hall–Kier alpha value is -2.69. The van der Waals surface area contributed by atoms with Crippen LogP contribution in [0.2, 0.25) is 0 Å². The Balaban J connectivity index is 1.43. The lowest BCUT2D eigenvalue weighted by molar-refractivity contribution is 0.0746. The van der Waals surface area contributed by atoms with E-state index in [2.05, 4.69) is 12.1 Å². The van der Waals surface area contributed by atoms with Crippen molar-refractivity contribution in [2.45, 2.75) is 32.6 Å². The number of halogens is 1. The van der Waals surface area contributed by atoms with Crippen molar-refractivity contribution in [1.82, 2.24) is 4.90 Å². The van der Waals surface area contributed by atoms with Crippen LogP contribution in [0.25, 0.3) is 0 Å². The first-order valence-electron chi connectivity index (χ1n) is 9.99. The summed E-state index contributed by atoms with van der Waals surface area (Å²) in [6.07, 6.45) is 4.58. The summed E-state index contributed by atoms with van der Waals surface area (Å²) in [5, 5.41) is 0. The molecule has 0 bridgehead atoms. The topological polar surface area (TPSA) is 40.6 Å². The van der Waals surface area contributed by atoms with Crippen LogP contribution in [0.4, 0.5) is 10.1 Å². The zero-order valence-electron chi connectivity index (χ0n) is 16.2. The van der Waals surface area contributed by atoms with Crippen molar-refractivity contribution in [2.75, 3.05) is 31.1 Å². The average molecular weight is 380 g/mol. The number of hydrogen-bond donors (Lipinski definition) is 0. The number of nitrogens with zero attached hydrogens (tertiary/aromatic N) is 2. The molecule has 0 aromatic heterocycles. The van der Waals surface area contributed by atoms with Crippen molar-refractivity contribution in [3.05, 3.63) is 64.5 Å². The van der Waals surface area contributed by atoms with Gasteiger partial charge in [0.1, 0.15) is 5.82 Å². The van der Waals surface area contributed by atoms with E-state index in [1.165, 1.54) is 37.0 Å². The molecule has 1 heterocycles. The molecule has 0 unspecified atom stereocenters. The predicted octanol–water partition coefficient (Wildman–Crippen LogP) is 3.87.